The Morgan fingerprint density at radius 2 is 1.90 bits per heavy atom. The number of ether oxygens (including phenoxy) is 1. The van der Waals surface area contributed by atoms with Gasteiger partial charge in [-0.15, -0.1) is 5.10 Å². The van der Waals surface area contributed by atoms with Crippen molar-refractivity contribution < 1.29 is 24.5 Å². The number of aromatic nitrogens is 5. The molecule has 11 heteroatoms. The standard InChI is InChI=1S/C28H26ClN5O5/c1-27(2,3)39-26(37)17-6-4-16(5-7-17)10-24(36)28(38)13-23(35)21-11-18(14-30-25(21)28)20-12-19(29)8-9-22(20)34-15-31-32-33-34/h4-9,11-12,14-15,23,35,38H,10,13H2,1-3H3. The maximum absolute atomic E-state index is 13.3. The minimum absolute atomic E-state index is 0.111. The van der Waals surface area contributed by atoms with Crippen molar-refractivity contribution in [3.8, 4) is 16.8 Å². The second kappa shape index (κ2) is 9.96. The third-order valence-corrected chi connectivity index (χ3v) is 6.67. The number of hydrogen-bond acceptors (Lipinski definition) is 9. The summed E-state index contributed by atoms with van der Waals surface area (Å²) in [7, 11) is 0. The van der Waals surface area contributed by atoms with Crippen molar-refractivity contribution in [3.05, 3.63) is 88.5 Å². The molecule has 2 aromatic heterocycles. The molecule has 0 radical (unpaired) electrons. The number of rotatable bonds is 6. The average molecular weight is 548 g/mol. The first-order valence-electron chi connectivity index (χ1n) is 12.2. The van der Waals surface area contributed by atoms with Gasteiger partial charge in [0, 0.05) is 40.8 Å². The molecule has 0 saturated heterocycles. The van der Waals surface area contributed by atoms with Gasteiger partial charge in [-0.2, -0.15) is 4.68 Å². The number of esters is 1. The van der Waals surface area contributed by atoms with Gasteiger partial charge in [0.15, 0.2) is 11.4 Å². The van der Waals surface area contributed by atoms with Gasteiger partial charge in [-0.1, -0.05) is 23.7 Å². The Bertz CT molecular complexity index is 1550. The zero-order valence-corrected chi connectivity index (χ0v) is 22.3. The van der Waals surface area contributed by atoms with Crippen LogP contribution in [0.1, 0.15) is 60.5 Å². The van der Waals surface area contributed by atoms with Crippen LogP contribution in [-0.4, -0.2) is 52.8 Å². The number of hydrogen-bond donors (Lipinski definition) is 2. The monoisotopic (exact) mass is 547 g/mol. The van der Waals surface area contributed by atoms with Crippen molar-refractivity contribution in [1.29, 1.82) is 0 Å². The fraction of sp³-hybridized carbons (Fsp3) is 0.286. The van der Waals surface area contributed by atoms with E-state index in [0.29, 0.717) is 38.5 Å². The van der Waals surface area contributed by atoms with E-state index in [1.54, 1.807) is 69.3 Å². The molecule has 2 N–H and O–H groups in total. The van der Waals surface area contributed by atoms with Gasteiger partial charge in [-0.3, -0.25) is 9.78 Å². The van der Waals surface area contributed by atoms with E-state index in [4.69, 9.17) is 16.3 Å². The van der Waals surface area contributed by atoms with Crippen molar-refractivity contribution in [2.75, 3.05) is 0 Å². The van der Waals surface area contributed by atoms with E-state index in [0.717, 1.165) is 0 Å². The molecular weight excluding hydrogens is 522 g/mol. The number of tetrazole rings is 1. The molecule has 10 nitrogen and oxygen atoms in total. The fourth-order valence-electron chi connectivity index (χ4n) is 4.60. The first-order chi connectivity index (χ1) is 18.4. The van der Waals surface area contributed by atoms with E-state index in [9.17, 15) is 19.8 Å². The second-order valence-electron chi connectivity index (χ2n) is 10.5. The van der Waals surface area contributed by atoms with Crippen LogP contribution in [0.4, 0.5) is 0 Å². The Morgan fingerprint density at radius 1 is 1.15 bits per heavy atom. The Morgan fingerprint density at radius 3 is 2.56 bits per heavy atom. The number of aliphatic hydroxyl groups excluding tert-OH is 1. The SMILES string of the molecule is CC(C)(C)OC(=O)c1ccc(CC(=O)C2(O)CC(O)c3cc(-c4cc(Cl)ccc4-n4cnnn4)cnc32)cc1. The number of aliphatic hydroxyl groups is 2. The lowest BCUT2D eigenvalue weighted by Gasteiger charge is -2.22. The summed E-state index contributed by atoms with van der Waals surface area (Å²) in [5, 5.41) is 34.0. The number of halogens is 1. The maximum atomic E-state index is 13.3. The van der Waals surface area contributed by atoms with Crippen LogP contribution in [0.5, 0.6) is 0 Å². The van der Waals surface area contributed by atoms with E-state index < -0.39 is 29.1 Å². The third-order valence-electron chi connectivity index (χ3n) is 6.44. The zero-order valence-electron chi connectivity index (χ0n) is 21.5. The van der Waals surface area contributed by atoms with Gasteiger partial charge in [0.05, 0.1) is 23.0 Å². The Labute approximate surface area is 229 Å². The van der Waals surface area contributed by atoms with Crippen LogP contribution in [0.15, 0.2) is 61.1 Å². The second-order valence-corrected chi connectivity index (χ2v) is 10.9. The number of nitrogens with zero attached hydrogens (tertiary/aromatic N) is 5. The lowest BCUT2D eigenvalue weighted by atomic mass is 9.90. The van der Waals surface area contributed by atoms with E-state index in [-0.39, 0.29) is 18.5 Å². The number of fused-ring (bicyclic) bond motifs is 1. The number of ketones is 1. The van der Waals surface area contributed by atoms with Crippen molar-refractivity contribution in [1.82, 2.24) is 25.2 Å². The van der Waals surface area contributed by atoms with Crippen LogP contribution >= 0.6 is 11.6 Å². The molecule has 2 heterocycles. The van der Waals surface area contributed by atoms with E-state index in [1.165, 1.54) is 17.2 Å². The lowest BCUT2D eigenvalue weighted by molar-refractivity contribution is -0.139. The molecule has 4 aromatic rings. The zero-order chi connectivity index (χ0) is 27.9. The van der Waals surface area contributed by atoms with E-state index in [1.807, 2.05) is 0 Å². The minimum atomic E-state index is -1.97. The highest BCUT2D eigenvalue weighted by Crippen LogP contribution is 2.45. The van der Waals surface area contributed by atoms with Gasteiger partial charge in [-0.05, 0) is 73.2 Å². The summed E-state index contributed by atoms with van der Waals surface area (Å²) in [6.45, 7) is 5.35. The maximum Gasteiger partial charge on any atom is 0.338 e. The van der Waals surface area contributed by atoms with Crippen LogP contribution in [0.25, 0.3) is 16.8 Å². The number of Topliss-reactive ketones (excluding diaryl/α,β-unsaturated/α-hetero) is 1. The van der Waals surface area contributed by atoms with Crippen LogP contribution < -0.4 is 0 Å². The molecule has 5 rings (SSSR count). The molecule has 0 saturated carbocycles. The quantitative estimate of drug-likeness (QED) is 0.345. The highest BCUT2D eigenvalue weighted by molar-refractivity contribution is 6.31. The first-order valence-corrected chi connectivity index (χ1v) is 12.6. The summed E-state index contributed by atoms with van der Waals surface area (Å²) in [4.78, 5) is 30.0. The highest BCUT2D eigenvalue weighted by Gasteiger charge is 2.48. The van der Waals surface area contributed by atoms with Crippen molar-refractivity contribution in [2.45, 2.75) is 50.9 Å². The van der Waals surface area contributed by atoms with Crippen molar-refractivity contribution in [2.24, 2.45) is 0 Å². The summed E-state index contributed by atoms with van der Waals surface area (Å²) in [6.07, 6.45) is 1.53. The van der Waals surface area contributed by atoms with E-state index in [2.05, 4.69) is 20.5 Å². The molecule has 2 aromatic carbocycles. The molecule has 0 fully saturated rings. The van der Waals surface area contributed by atoms with Crippen LogP contribution in [0.3, 0.4) is 0 Å². The topological polar surface area (TPSA) is 140 Å². The highest BCUT2D eigenvalue weighted by atomic mass is 35.5. The molecule has 1 aliphatic rings. The summed E-state index contributed by atoms with van der Waals surface area (Å²) in [5.41, 5.74) is 0.735. The number of carbonyl (C=O) groups is 2. The van der Waals surface area contributed by atoms with Crippen LogP contribution in [0.2, 0.25) is 5.02 Å². The Balaban J connectivity index is 1.40. The van der Waals surface area contributed by atoms with Gasteiger partial charge >= 0.3 is 5.97 Å². The van der Waals surface area contributed by atoms with Gasteiger partial charge in [0.1, 0.15) is 11.9 Å². The normalized spacial score (nSPS) is 18.6. The van der Waals surface area contributed by atoms with Crippen molar-refractivity contribution in [3.63, 3.8) is 0 Å². The molecule has 2 unspecified atom stereocenters. The fourth-order valence-corrected chi connectivity index (χ4v) is 4.77. The Kier molecular flexibility index (Phi) is 6.79. The molecule has 0 bridgehead atoms. The first kappa shape index (κ1) is 26.6. The number of benzene rings is 2. The number of carbonyl (C=O) groups excluding carboxylic acids is 2. The molecule has 2 atom stereocenters. The van der Waals surface area contributed by atoms with Crippen LogP contribution in [0, 0.1) is 0 Å². The van der Waals surface area contributed by atoms with Gasteiger partial charge in [0.2, 0.25) is 0 Å². The molecule has 200 valence electrons. The van der Waals surface area contributed by atoms with Crippen molar-refractivity contribution >= 4 is 23.4 Å². The smallest absolute Gasteiger partial charge is 0.338 e. The summed E-state index contributed by atoms with van der Waals surface area (Å²) in [6, 6.07) is 13.3. The molecular formula is C28H26ClN5O5. The largest absolute Gasteiger partial charge is 0.456 e. The minimum Gasteiger partial charge on any atom is -0.456 e. The predicted molar refractivity (Wildman–Crippen MR) is 141 cm³/mol. The molecule has 39 heavy (non-hydrogen) atoms. The van der Waals surface area contributed by atoms with Gasteiger partial charge < -0.3 is 14.9 Å². The molecule has 0 aliphatic heterocycles. The van der Waals surface area contributed by atoms with Gasteiger partial charge in [-0.25, -0.2) is 4.79 Å². The van der Waals surface area contributed by atoms with E-state index >= 15 is 0 Å². The third kappa shape index (κ3) is 5.31. The predicted octanol–water partition coefficient (Wildman–Crippen LogP) is 3.77. The molecule has 0 amide bonds. The molecule has 1 aliphatic carbocycles. The summed E-state index contributed by atoms with van der Waals surface area (Å²) >= 11 is 6.25. The number of pyridine rings is 1. The van der Waals surface area contributed by atoms with Gasteiger partial charge in [0.25, 0.3) is 0 Å². The lowest BCUT2D eigenvalue weighted by Crippen LogP contribution is -2.35. The Hall–Kier alpha value is -3.99. The van der Waals surface area contributed by atoms with Crippen LogP contribution in [-0.2, 0) is 21.6 Å². The average Bonchev–Trinajstić information content (AvgIpc) is 3.50. The molecule has 0 spiro atoms. The summed E-state index contributed by atoms with van der Waals surface area (Å²) < 4.78 is 6.84. The summed E-state index contributed by atoms with van der Waals surface area (Å²) in [5.74, 6) is -0.975.